The number of ether oxygens (including phenoxy) is 1. The second-order valence-corrected chi connectivity index (χ2v) is 7.48. The molecule has 0 aliphatic heterocycles. The molecule has 0 heterocycles. The molecule has 0 saturated heterocycles. The van der Waals surface area contributed by atoms with Crippen molar-refractivity contribution in [3.63, 3.8) is 0 Å². The van der Waals surface area contributed by atoms with Gasteiger partial charge in [0.05, 0.1) is 13.0 Å². The molecule has 232 valence electrons. The highest BCUT2D eigenvalue weighted by Crippen LogP contribution is 2.66. The summed E-state index contributed by atoms with van der Waals surface area (Å²) in [6.45, 7) is 0.349. The zero-order valence-electron chi connectivity index (χ0n) is 18.3. The minimum Gasteiger partial charge on any atom is -0.462 e. The van der Waals surface area contributed by atoms with Gasteiger partial charge in [0, 0.05) is 12.5 Å². The normalized spacial score (nSPS) is 15.8. The van der Waals surface area contributed by atoms with Gasteiger partial charge in [0.15, 0.2) is 0 Å². The molecule has 0 unspecified atom stereocenters. The third kappa shape index (κ3) is 4.96. The molecule has 0 N–H and O–H groups in total. The van der Waals surface area contributed by atoms with Crippen molar-refractivity contribution in [3.05, 3.63) is 12.7 Å². The number of carbonyl (C=O) groups is 1. The molecule has 0 aliphatic rings. The van der Waals surface area contributed by atoms with Crippen molar-refractivity contribution in [1.82, 2.24) is 0 Å². The molecule has 0 amide bonds. The number of carbonyl (C=O) groups excluding carboxylic acids is 1. The van der Waals surface area contributed by atoms with Gasteiger partial charge in [-0.25, -0.2) is 4.79 Å². The molecule has 0 rings (SSSR count). The van der Waals surface area contributed by atoms with Gasteiger partial charge in [-0.1, -0.05) is 13.5 Å². The first-order valence-corrected chi connectivity index (χ1v) is 9.34. The van der Waals surface area contributed by atoms with E-state index in [4.69, 9.17) is 0 Å². The van der Waals surface area contributed by atoms with Crippen molar-refractivity contribution < 1.29 is 97.3 Å². The maximum atomic E-state index is 13.7. The molecule has 0 aromatic carbocycles. The van der Waals surface area contributed by atoms with Crippen molar-refractivity contribution in [3.8, 4) is 0 Å². The number of rotatable bonds is 14. The lowest BCUT2D eigenvalue weighted by Crippen LogP contribution is -2.77. The molecular weight excluding hydrogens is 616 g/mol. The predicted molar refractivity (Wildman–Crippen MR) is 85.5 cm³/mol. The van der Waals surface area contributed by atoms with Crippen LogP contribution in [-0.2, 0) is 9.53 Å². The number of alkyl halides is 20. The molecular formula is C17H12F20O2. The van der Waals surface area contributed by atoms with E-state index in [-0.39, 0.29) is 13.0 Å². The van der Waals surface area contributed by atoms with Crippen LogP contribution < -0.4 is 0 Å². The van der Waals surface area contributed by atoms with E-state index in [1.54, 1.807) is 0 Å². The van der Waals surface area contributed by atoms with Crippen molar-refractivity contribution in [2.45, 2.75) is 79.0 Å². The van der Waals surface area contributed by atoms with E-state index in [9.17, 15) is 92.6 Å². The van der Waals surface area contributed by atoms with Gasteiger partial charge in [-0.05, 0) is 0 Å². The van der Waals surface area contributed by atoms with Gasteiger partial charge < -0.3 is 4.74 Å². The third-order valence-electron chi connectivity index (χ3n) is 4.95. The molecule has 0 saturated carbocycles. The summed E-state index contributed by atoms with van der Waals surface area (Å²) in [6.07, 6.45) is -5.46. The summed E-state index contributed by atoms with van der Waals surface area (Å²) >= 11 is 0. The summed E-state index contributed by atoms with van der Waals surface area (Å²) < 4.78 is 274. The largest absolute Gasteiger partial charge is 0.462 e. The fourth-order valence-electron chi connectivity index (χ4n) is 2.36. The fourth-order valence-corrected chi connectivity index (χ4v) is 2.36. The lowest BCUT2D eigenvalue weighted by Gasteiger charge is -2.45. The summed E-state index contributed by atoms with van der Waals surface area (Å²) in [4.78, 5) is 10.6. The van der Waals surface area contributed by atoms with Crippen molar-refractivity contribution in [2.24, 2.45) is 0 Å². The van der Waals surface area contributed by atoms with Crippen LogP contribution in [0, 0.1) is 0 Å². The maximum Gasteiger partial charge on any atom is 0.385 e. The number of halogens is 20. The minimum absolute atomic E-state index is 0.136. The average Bonchev–Trinajstić information content (AvgIpc) is 2.77. The molecule has 0 spiro atoms. The Labute approximate surface area is 202 Å². The summed E-state index contributed by atoms with van der Waals surface area (Å²) in [5, 5.41) is 0. The second kappa shape index (κ2) is 10.0. The van der Waals surface area contributed by atoms with Crippen molar-refractivity contribution >= 4 is 5.97 Å². The molecule has 39 heavy (non-hydrogen) atoms. The Bertz CT molecular complexity index is 906. The summed E-state index contributed by atoms with van der Waals surface area (Å²) in [6, 6.07) is 0. The Balaban J connectivity index is 6.87. The Kier molecular flexibility index (Phi) is 9.46. The van der Waals surface area contributed by atoms with Gasteiger partial charge in [0.25, 0.3) is 0 Å². The van der Waals surface area contributed by atoms with E-state index in [0.29, 0.717) is 0 Å². The minimum atomic E-state index is -9.07. The van der Waals surface area contributed by atoms with Gasteiger partial charge in [-0.15, -0.1) is 0 Å². The Hall–Kier alpha value is -2.19. The average molecular weight is 628 g/mol. The topological polar surface area (TPSA) is 26.3 Å². The number of esters is 1. The SMILES string of the molecule is C=CC(=O)OCCC(F)(F)C(F)(F)C(F)(F)C(F)(F)C(F)(F)C(F)(F)C(F)(F)C(F)(F)C(F)(F)C(F)(F)CC. The van der Waals surface area contributed by atoms with Crippen LogP contribution in [0.2, 0.25) is 0 Å². The number of hydrogen-bond acceptors (Lipinski definition) is 2. The van der Waals surface area contributed by atoms with Crippen molar-refractivity contribution in [1.29, 1.82) is 0 Å². The van der Waals surface area contributed by atoms with E-state index in [1.807, 2.05) is 0 Å². The van der Waals surface area contributed by atoms with Crippen LogP contribution in [-0.4, -0.2) is 71.8 Å². The first-order valence-electron chi connectivity index (χ1n) is 9.34. The highest BCUT2D eigenvalue weighted by atomic mass is 19.4. The molecule has 0 aromatic rings. The van der Waals surface area contributed by atoms with Gasteiger partial charge in [-0.2, -0.15) is 87.8 Å². The Morgan fingerprint density at radius 3 is 1.05 bits per heavy atom. The van der Waals surface area contributed by atoms with E-state index < -0.39 is 84.6 Å². The monoisotopic (exact) mass is 628 g/mol. The van der Waals surface area contributed by atoms with Gasteiger partial charge in [-0.3, -0.25) is 0 Å². The van der Waals surface area contributed by atoms with Crippen molar-refractivity contribution in [2.75, 3.05) is 6.61 Å². The molecule has 2 nitrogen and oxygen atoms in total. The lowest BCUT2D eigenvalue weighted by molar-refractivity contribution is -0.469. The highest BCUT2D eigenvalue weighted by molar-refractivity contribution is 5.81. The standard InChI is InChI=1S/C17H12F20O2/c1-3-7(38)39-6-5-9(20,21)11(24,25)13(28,29)15(32,33)17(36,37)16(34,35)14(30,31)12(26,27)10(22,23)8(18,19)4-2/h3H,1,4-6H2,2H3. The van der Waals surface area contributed by atoms with E-state index >= 15 is 0 Å². The zero-order valence-corrected chi connectivity index (χ0v) is 18.3. The second-order valence-electron chi connectivity index (χ2n) is 7.48. The third-order valence-corrected chi connectivity index (χ3v) is 4.95. The zero-order chi connectivity index (χ0) is 32.1. The van der Waals surface area contributed by atoms with E-state index in [1.165, 1.54) is 0 Å². The molecule has 0 fully saturated rings. The van der Waals surface area contributed by atoms with Gasteiger partial charge in [0.1, 0.15) is 0 Å². The Morgan fingerprint density at radius 2 is 0.795 bits per heavy atom. The molecule has 0 atom stereocenters. The van der Waals surface area contributed by atoms with Crippen LogP contribution in [0.15, 0.2) is 12.7 Å². The summed E-state index contributed by atoms with van der Waals surface area (Å²) in [5.41, 5.74) is 0. The molecule has 0 aromatic heterocycles. The van der Waals surface area contributed by atoms with Crippen LogP contribution in [0.25, 0.3) is 0 Å². The number of hydrogen-bond donors (Lipinski definition) is 0. The summed E-state index contributed by atoms with van der Waals surface area (Å²) in [7, 11) is 0. The van der Waals surface area contributed by atoms with Gasteiger partial charge in [0.2, 0.25) is 0 Å². The van der Waals surface area contributed by atoms with Crippen LogP contribution in [0.4, 0.5) is 87.8 Å². The smallest absolute Gasteiger partial charge is 0.385 e. The maximum absolute atomic E-state index is 13.7. The molecule has 0 aliphatic carbocycles. The summed E-state index contributed by atoms with van der Waals surface area (Å²) in [5.74, 6) is -83.8. The fraction of sp³-hybridized carbons (Fsp3) is 0.824. The first kappa shape index (κ1) is 36.8. The lowest BCUT2D eigenvalue weighted by atomic mass is 9.85. The molecule has 0 bridgehead atoms. The van der Waals surface area contributed by atoms with E-state index in [2.05, 4.69) is 11.3 Å². The molecule has 22 heteroatoms. The van der Waals surface area contributed by atoms with Gasteiger partial charge >= 0.3 is 65.2 Å². The van der Waals surface area contributed by atoms with Crippen LogP contribution in [0.1, 0.15) is 19.8 Å². The van der Waals surface area contributed by atoms with Crippen LogP contribution in [0.3, 0.4) is 0 Å². The highest BCUT2D eigenvalue weighted by Gasteiger charge is 2.97. The van der Waals surface area contributed by atoms with E-state index in [0.717, 1.165) is 0 Å². The quantitative estimate of drug-likeness (QED) is 0.111. The first-order chi connectivity index (χ1) is 16.8. The van der Waals surface area contributed by atoms with Crippen LogP contribution >= 0.6 is 0 Å². The molecule has 0 radical (unpaired) electrons. The predicted octanol–water partition coefficient (Wildman–Crippen LogP) is 7.87. The Morgan fingerprint density at radius 1 is 0.538 bits per heavy atom. The van der Waals surface area contributed by atoms with Crippen LogP contribution in [0.5, 0.6) is 0 Å².